The van der Waals surface area contributed by atoms with Crippen molar-refractivity contribution in [3.8, 4) is 0 Å². The maximum Gasteiger partial charge on any atom is 0.254 e. The van der Waals surface area contributed by atoms with Gasteiger partial charge >= 0.3 is 0 Å². The lowest BCUT2D eigenvalue weighted by molar-refractivity contribution is -0.133. The van der Waals surface area contributed by atoms with Gasteiger partial charge in [-0.25, -0.2) is 8.78 Å². The fourth-order valence-corrected chi connectivity index (χ4v) is 2.53. The van der Waals surface area contributed by atoms with E-state index in [0.29, 0.717) is 12.6 Å². The quantitative estimate of drug-likeness (QED) is 0.821. The average Bonchev–Trinajstić information content (AvgIpc) is 2.60. The molecule has 138 valence electrons. The van der Waals surface area contributed by atoms with E-state index in [4.69, 9.17) is 0 Å². The molecule has 2 aromatic carbocycles. The molecule has 0 unspecified atom stereocenters. The first-order chi connectivity index (χ1) is 12.4. The van der Waals surface area contributed by atoms with E-state index in [1.54, 1.807) is 4.90 Å². The molecule has 2 aromatic rings. The molecule has 0 bridgehead atoms. The van der Waals surface area contributed by atoms with Crippen LogP contribution in [0.15, 0.2) is 48.5 Å². The number of nitrogens with zero attached hydrogens (tertiary/aromatic N) is 1. The number of nitrogens with one attached hydrogen (secondary N) is 1. The van der Waals surface area contributed by atoms with Crippen molar-refractivity contribution in [3.05, 3.63) is 71.3 Å². The molecule has 0 aliphatic heterocycles. The topological polar surface area (TPSA) is 49.4 Å². The summed E-state index contributed by atoms with van der Waals surface area (Å²) in [6.07, 6.45) is 0.0968. The molecule has 0 aliphatic carbocycles. The van der Waals surface area contributed by atoms with E-state index in [-0.39, 0.29) is 30.5 Å². The molecule has 0 saturated carbocycles. The van der Waals surface area contributed by atoms with Crippen LogP contribution in [0.5, 0.6) is 0 Å². The Hall–Kier alpha value is -2.76. The first kappa shape index (κ1) is 19.6. The SMILES string of the molecule is CC(C)N(Cc1ccccc1)C(=O)CCNC(=O)c1ccc(F)cc1F. The predicted octanol–water partition coefficient (Wildman–Crippen LogP) is 3.52. The van der Waals surface area contributed by atoms with Crippen molar-refractivity contribution in [1.29, 1.82) is 0 Å². The van der Waals surface area contributed by atoms with E-state index in [0.717, 1.165) is 17.7 Å². The molecule has 0 spiro atoms. The van der Waals surface area contributed by atoms with Crippen LogP contribution in [-0.2, 0) is 11.3 Å². The van der Waals surface area contributed by atoms with Gasteiger partial charge < -0.3 is 10.2 Å². The fourth-order valence-electron chi connectivity index (χ4n) is 2.53. The van der Waals surface area contributed by atoms with Crippen molar-refractivity contribution in [3.63, 3.8) is 0 Å². The molecule has 26 heavy (non-hydrogen) atoms. The highest BCUT2D eigenvalue weighted by atomic mass is 19.1. The Labute approximate surface area is 151 Å². The zero-order valence-electron chi connectivity index (χ0n) is 14.8. The van der Waals surface area contributed by atoms with Gasteiger partial charge in [-0.1, -0.05) is 30.3 Å². The van der Waals surface area contributed by atoms with Crippen LogP contribution in [0.4, 0.5) is 8.78 Å². The predicted molar refractivity (Wildman–Crippen MR) is 95.4 cm³/mol. The molecule has 0 aromatic heterocycles. The molecule has 2 rings (SSSR count). The number of carbonyl (C=O) groups is 2. The van der Waals surface area contributed by atoms with Crippen molar-refractivity contribution < 1.29 is 18.4 Å². The first-order valence-electron chi connectivity index (χ1n) is 8.45. The standard InChI is InChI=1S/C20H22F2N2O2/c1-14(2)24(13-15-6-4-3-5-7-15)19(25)10-11-23-20(26)17-9-8-16(21)12-18(17)22/h3-9,12,14H,10-11,13H2,1-2H3,(H,23,26). The third-order valence-electron chi connectivity index (χ3n) is 3.94. The second kappa shape index (κ2) is 9.08. The summed E-state index contributed by atoms with van der Waals surface area (Å²) in [4.78, 5) is 26.1. The van der Waals surface area contributed by atoms with E-state index < -0.39 is 17.5 Å². The summed E-state index contributed by atoms with van der Waals surface area (Å²) in [5.41, 5.74) is 0.774. The Kier molecular flexibility index (Phi) is 6.83. The van der Waals surface area contributed by atoms with Crippen molar-refractivity contribution in [2.75, 3.05) is 6.54 Å². The average molecular weight is 360 g/mol. The van der Waals surface area contributed by atoms with Crippen LogP contribution in [0.1, 0.15) is 36.2 Å². The van der Waals surface area contributed by atoms with E-state index in [1.807, 2.05) is 44.2 Å². The normalized spacial score (nSPS) is 10.7. The van der Waals surface area contributed by atoms with Crippen LogP contribution in [0, 0.1) is 11.6 Å². The maximum absolute atomic E-state index is 13.6. The molecule has 1 N–H and O–H groups in total. The molecule has 0 atom stereocenters. The van der Waals surface area contributed by atoms with Gasteiger partial charge in [0.25, 0.3) is 5.91 Å². The number of hydrogen-bond donors (Lipinski definition) is 1. The van der Waals surface area contributed by atoms with Crippen molar-refractivity contribution in [1.82, 2.24) is 10.2 Å². The van der Waals surface area contributed by atoms with Crippen molar-refractivity contribution in [2.45, 2.75) is 32.9 Å². The second-order valence-electron chi connectivity index (χ2n) is 6.23. The van der Waals surface area contributed by atoms with Crippen molar-refractivity contribution >= 4 is 11.8 Å². The highest BCUT2D eigenvalue weighted by Crippen LogP contribution is 2.11. The summed E-state index contributed by atoms with van der Waals surface area (Å²) >= 11 is 0. The van der Waals surface area contributed by atoms with Gasteiger partial charge in [-0.2, -0.15) is 0 Å². The van der Waals surface area contributed by atoms with E-state index in [9.17, 15) is 18.4 Å². The Morgan fingerprint density at radius 3 is 2.38 bits per heavy atom. The Balaban J connectivity index is 1.90. The number of benzene rings is 2. The molecule has 2 amide bonds. The Bertz CT molecular complexity index is 764. The number of hydrogen-bond acceptors (Lipinski definition) is 2. The lowest BCUT2D eigenvalue weighted by atomic mass is 10.1. The van der Waals surface area contributed by atoms with Crippen LogP contribution in [0.25, 0.3) is 0 Å². The lowest BCUT2D eigenvalue weighted by Gasteiger charge is -2.27. The van der Waals surface area contributed by atoms with Crippen LogP contribution < -0.4 is 5.32 Å². The maximum atomic E-state index is 13.6. The minimum atomic E-state index is -0.929. The molecule has 0 saturated heterocycles. The van der Waals surface area contributed by atoms with Gasteiger partial charge in [0, 0.05) is 31.6 Å². The minimum absolute atomic E-state index is 0.00736. The number of amides is 2. The molecule has 4 nitrogen and oxygen atoms in total. The number of halogens is 2. The largest absolute Gasteiger partial charge is 0.351 e. The van der Waals surface area contributed by atoms with Gasteiger partial charge in [0.2, 0.25) is 5.91 Å². The molecule has 0 heterocycles. The summed E-state index contributed by atoms with van der Waals surface area (Å²) in [6.45, 7) is 4.41. The summed E-state index contributed by atoms with van der Waals surface area (Å²) in [5.74, 6) is -2.46. The smallest absolute Gasteiger partial charge is 0.254 e. The minimum Gasteiger partial charge on any atom is -0.351 e. The zero-order valence-corrected chi connectivity index (χ0v) is 14.8. The highest BCUT2D eigenvalue weighted by molar-refractivity contribution is 5.94. The van der Waals surface area contributed by atoms with Gasteiger partial charge in [-0.15, -0.1) is 0 Å². The third-order valence-corrected chi connectivity index (χ3v) is 3.94. The third kappa shape index (κ3) is 5.37. The van der Waals surface area contributed by atoms with E-state index >= 15 is 0 Å². The van der Waals surface area contributed by atoms with Crippen molar-refractivity contribution in [2.24, 2.45) is 0 Å². The summed E-state index contributed by atoms with van der Waals surface area (Å²) in [6, 6.07) is 12.4. The van der Waals surface area contributed by atoms with Gasteiger partial charge in [0.15, 0.2) is 0 Å². The van der Waals surface area contributed by atoms with Crippen LogP contribution in [0.2, 0.25) is 0 Å². The lowest BCUT2D eigenvalue weighted by Crippen LogP contribution is -2.38. The Morgan fingerprint density at radius 2 is 1.77 bits per heavy atom. The van der Waals surface area contributed by atoms with E-state index in [1.165, 1.54) is 0 Å². The molecule has 0 aliphatic rings. The van der Waals surface area contributed by atoms with Gasteiger partial charge in [0.05, 0.1) is 5.56 Å². The van der Waals surface area contributed by atoms with Gasteiger partial charge in [-0.3, -0.25) is 9.59 Å². The second-order valence-corrected chi connectivity index (χ2v) is 6.23. The summed E-state index contributed by atoms with van der Waals surface area (Å²) in [5, 5.41) is 2.50. The fraction of sp³-hybridized carbons (Fsp3) is 0.300. The molecular formula is C20H22F2N2O2. The summed E-state index contributed by atoms with van der Waals surface area (Å²) < 4.78 is 26.5. The number of carbonyl (C=O) groups excluding carboxylic acids is 2. The van der Waals surface area contributed by atoms with Crippen LogP contribution in [0.3, 0.4) is 0 Å². The van der Waals surface area contributed by atoms with Gasteiger partial charge in [-0.05, 0) is 31.5 Å². The molecular weight excluding hydrogens is 338 g/mol. The van der Waals surface area contributed by atoms with Crippen LogP contribution >= 0.6 is 0 Å². The monoisotopic (exact) mass is 360 g/mol. The summed E-state index contributed by atoms with van der Waals surface area (Å²) in [7, 11) is 0. The highest BCUT2D eigenvalue weighted by Gasteiger charge is 2.18. The first-order valence-corrected chi connectivity index (χ1v) is 8.45. The number of rotatable bonds is 7. The molecule has 0 fully saturated rings. The molecule has 6 heteroatoms. The van der Waals surface area contributed by atoms with Gasteiger partial charge in [0.1, 0.15) is 11.6 Å². The van der Waals surface area contributed by atoms with Crippen LogP contribution in [-0.4, -0.2) is 29.3 Å². The Morgan fingerprint density at radius 1 is 1.08 bits per heavy atom. The van der Waals surface area contributed by atoms with E-state index in [2.05, 4.69) is 5.32 Å². The molecule has 0 radical (unpaired) electrons. The zero-order chi connectivity index (χ0) is 19.1.